The van der Waals surface area contributed by atoms with E-state index in [1.54, 1.807) is 12.1 Å². The maximum atomic E-state index is 11.6. The average Bonchev–Trinajstić information content (AvgIpc) is 2.85. The van der Waals surface area contributed by atoms with E-state index in [4.69, 9.17) is 9.47 Å². The van der Waals surface area contributed by atoms with Crippen molar-refractivity contribution in [1.29, 1.82) is 0 Å². The predicted molar refractivity (Wildman–Crippen MR) is 129 cm³/mol. The average molecular weight is 432 g/mol. The number of benzene rings is 3. The molecule has 0 amide bonds. The number of methoxy groups -OCH3 is 1. The molecule has 0 fully saturated rings. The number of carbonyl (C=O) groups is 1. The summed E-state index contributed by atoms with van der Waals surface area (Å²) >= 11 is 0. The van der Waals surface area contributed by atoms with Crippen molar-refractivity contribution in [3.8, 4) is 0 Å². The van der Waals surface area contributed by atoms with Gasteiger partial charge >= 0.3 is 5.97 Å². The second kappa shape index (κ2) is 13.5. The number of hydrogen-bond acceptors (Lipinski definition) is 4. The molecule has 1 unspecified atom stereocenters. The second-order valence-electron chi connectivity index (χ2n) is 7.91. The SMILES string of the molecule is COC(=O)c1ccc(CNC(Cc2ccccc2)OCCCCCc2ccccc2)cc1. The van der Waals surface area contributed by atoms with E-state index >= 15 is 0 Å². The van der Waals surface area contributed by atoms with Gasteiger partial charge in [-0.1, -0.05) is 79.2 Å². The summed E-state index contributed by atoms with van der Waals surface area (Å²) in [7, 11) is 1.39. The van der Waals surface area contributed by atoms with Crippen LogP contribution in [0.25, 0.3) is 0 Å². The molecule has 3 rings (SSSR count). The van der Waals surface area contributed by atoms with Gasteiger partial charge in [0.1, 0.15) is 6.23 Å². The highest BCUT2D eigenvalue weighted by Crippen LogP contribution is 2.10. The number of aryl methyl sites for hydroxylation is 1. The first kappa shape index (κ1) is 23.7. The van der Waals surface area contributed by atoms with Crippen LogP contribution in [-0.2, 0) is 28.9 Å². The lowest BCUT2D eigenvalue weighted by Gasteiger charge is -2.20. The number of rotatable bonds is 13. The molecule has 0 aromatic heterocycles. The third-order valence-electron chi connectivity index (χ3n) is 5.44. The van der Waals surface area contributed by atoms with Crippen molar-refractivity contribution in [3.05, 3.63) is 107 Å². The lowest BCUT2D eigenvalue weighted by Crippen LogP contribution is -2.33. The molecule has 3 aromatic rings. The van der Waals surface area contributed by atoms with Gasteiger partial charge in [0.15, 0.2) is 0 Å². The van der Waals surface area contributed by atoms with E-state index in [0.717, 1.165) is 37.9 Å². The predicted octanol–water partition coefficient (Wildman–Crippen LogP) is 5.56. The number of nitrogens with one attached hydrogen (secondary N) is 1. The normalized spacial score (nSPS) is 11.8. The largest absolute Gasteiger partial charge is 0.465 e. The number of ether oxygens (including phenoxy) is 2. The lowest BCUT2D eigenvalue weighted by molar-refractivity contribution is 0.0264. The molecular weight excluding hydrogens is 398 g/mol. The minimum Gasteiger partial charge on any atom is -0.465 e. The molecule has 4 heteroatoms. The van der Waals surface area contributed by atoms with Gasteiger partial charge in [-0.25, -0.2) is 4.79 Å². The van der Waals surface area contributed by atoms with Crippen molar-refractivity contribution in [3.63, 3.8) is 0 Å². The fourth-order valence-electron chi connectivity index (χ4n) is 3.60. The zero-order valence-electron chi connectivity index (χ0n) is 18.8. The Balaban J connectivity index is 1.45. The molecule has 0 bridgehead atoms. The van der Waals surface area contributed by atoms with E-state index < -0.39 is 0 Å². The molecule has 32 heavy (non-hydrogen) atoms. The summed E-state index contributed by atoms with van der Waals surface area (Å²) in [6.45, 7) is 1.41. The maximum absolute atomic E-state index is 11.6. The Morgan fingerprint density at radius 1 is 0.781 bits per heavy atom. The van der Waals surface area contributed by atoms with Gasteiger partial charge in [-0.3, -0.25) is 5.32 Å². The Kier molecular flexibility index (Phi) is 9.97. The zero-order valence-corrected chi connectivity index (χ0v) is 18.8. The minimum absolute atomic E-state index is 0.0631. The summed E-state index contributed by atoms with van der Waals surface area (Å²) < 4.78 is 11.0. The van der Waals surface area contributed by atoms with Crippen LogP contribution in [0.5, 0.6) is 0 Å². The minimum atomic E-state index is -0.318. The molecule has 0 saturated carbocycles. The van der Waals surface area contributed by atoms with Crippen LogP contribution in [-0.4, -0.2) is 25.9 Å². The van der Waals surface area contributed by atoms with E-state index in [0.29, 0.717) is 12.1 Å². The number of hydrogen-bond donors (Lipinski definition) is 1. The summed E-state index contributed by atoms with van der Waals surface area (Å²) in [6, 6.07) is 28.5. The zero-order chi connectivity index (χ0) is 22.4. The number of esters is 1. The molecule has 1 N–H and O–H groups in total. The van der Waals surface area contributed by atoms with Crippen molar-refractivity contribution < 1.29 is 14.3 Å². The molecule has 168 valence electrons. The van der Waals surface area contributed by atoms with Crippen molar-refractivity contribution >= 4 is 5.97 Å². The first-order chi connectivity index (χ1) is 15.7. The van der Waals surface area contributed by atoms with Crippen molar-refractivity contribution in [2.75, 3.05) is 13.7 Å². The Morgan fingerprint density at radius 3 is 2.09 bits per heavy atom. The summed E-state index contributed by atoms with van der Waals surface area (Å²) in [5, 5.41) is 3.53. The van der Waals surface area contributed by atoms with Crippen molar-refractivity contribution in [2.45, 2.75) is 44.9 Å². The molecule has 0 aliphatic carbocycles. The molecule has 0 aliphatic heterocycles. The molecule has 0 spiro atoms. The third-order valence-corrected chi connectivity index (χ3v) is 5.44. The van der Waals surface area contributed by atoms with Gasteiger partial charge in [-0.2, -0.15) is 0 Å². The molecule has 0 radical (unpaired) electrons. The Morgan fingerprint density at radius 2 is 1.44 bits per heavy atom. The van der Waals surface area contributed by atoms with Crippen LogP contribution in [0.2, 0.25) is 0 Å². The van der Waals surface area contributed by atoms with Gasteiger partial charge < -0.3 is 9.47 Å². The highest BCUT2D eigenvalue weighted by molar-refractivity contribution is 5.89. The van der Waals surface area contributed by atoms with Gasteiger partial charge in [0.05, 0.1) is 12.7 Å². The molecule has 0 saturated heterocycles. The summed E-state index contributed by atoms with van der Waals surface area (Å²) in [6.07, 6.45) is 5.25. The van der Waals surface area contributed by atoms with E-state index in [-0.39, 0.29) is 12.2 Å². The Hall–Kier alpha value is -2.95. The smallest absolute Gasteiger partial charge is 0.337 e. The molecule has 0 aliphatic rings. The fraction of sp³-hybridized carbons (Fsp3) is 0.321. The number of carbonyl (C=O) groups excluding carboxylic acids is 1. The summed E-state index contributed by atoms with van der Waals surface area (Å²) in [5.74, 6) is -0.318. The van der Waals surface area contributed by atoms with Crippen molar-refractivity contribution in [1.82, 2.24) is 5.32 Å². The molecule has 4 nitrogen and oxygen atoms in total. The topological polar surface area (TPSA) is 47.6 Å². The van der Waals surface area contributed by atoms with Crippen molar-refractivity contribution in [2.24, 2.45) is 0 Å². The highest BCUT2D eigenvalue weighted by atomic mass is 16.5. The summed E-state index contributed by atoms with van der Waals surface area (Å²) in [5.41, 5.74) is 4.30. The van der Waals surface area contributed by atoms with Gasteiger partial charge in [0.2, 0.25) is 0 Å². The first-order valence-corrected chi connectivity index (χ1v) is 11.3. The molecule has 3 aromatic carbocycles. The van der Waals surface area contributed by atoms with Crippen LogP contribution in [0.1, 0.15) is 46.3 Å². The fourth-order valence-corrected chi connectivity index (χ4v) is 3.60. The van der Waals surface area contributed by atoms with Crippen LogP contribution >= 0.6 is 0 Å². The third kappa shape index (κ3) is 8.29. The molecular formula is C28H33NO3. The van der Waals surface area contributed by atoms with Gasteiger partial charge in [-0.05, 0) is 48.1 Å². The van der Waals surface area contributed by atoms with E-state index in [1.165, 1.54) is 24.7 Å². The quantitative estimate of drug-likeness (QED) is 0.219. The van der Waals surface area contributed by atoms with Crippen LogP contribution in [0.15, 0.2) is 84.9 Å². The molecule has 0 heterocycles. The van der Waals surface area contributed by atoms with Gasteiger partial charge in [0.25, 0.3) is 0 Å². The first-order valence-electron chi connectivity index (χ1n) is 11.3. The van der Waals surface area contributed by atoms with E-state index in [9.17, 15) is 4.79 Å². The highest BCUT2D eigenvalue weighted by Gasteiger charge is 2.11. The standard InChI is InChI=1S/C28H33NO3/c1-31-28(30)26-18-16-25(17-19-26)22-29-27(21-24-14-7-3-8-15-24)32-20-10-4-9-13-23-11-5-2-6-12-23/h2-3,5-8,11-12,14-19,27,29H,4,9-10,13,20-22H2,1H3. The van der Waals surface area contributed by atoms with Crippen LogP contribution < -0.4 is 5.32 Å². The lowest BCUT2D eigenvalue weighted by atomic mass is 10.1. The van der Waals surface area contributed by atoms with Crippen LogP contribution in [0.3, 0.4) is 0 Å². The molecule has 1 atom stereocenters. The Labute approximate surface area is 191 Å². The van der Waals surface area contributed by atoms with E-state index in [1.807, 2.05) is 18.2 Å². The monoisotopic (exact) mass is 431 g/mol. The summed E-state index contributed by atoms with van der Waals surface area (Å²) in [4.78, 5) is 11.6. The van der Waals surface area contributed by atoms with Gasteiger partial charge in [-0.15, -0.1) is 0 Å². The van der Waals surface area contributed by atoms with Crippen LogP contribution in [0.4, 0.5) is 0 Å². The maximum Gasteiger partial charge on any atom is 0.337 e. The van der Waals surface area contributed by atoms with Gasteiger partial charge in [0, 0.05) is 19.6 Å². The van der Waals surface area contributed by atoms with Crippen LogP contribution in [0, 0.1) is 0 Å². The Bertz CT molecular complexity index is 910. The number of unbranched alkanes of at least 4 members (excludes halogenated alkanes) is 2. The second-order valence-corrected chi connectivity index (χ2v) is 7.91. The van der Waals surface area contributed by atoms with E-state index in [2.05, 4.69) is 59.9 Å².